The van der Waals surface area contributed by atoms with Crippen LogP contribution in [0.4, 0.5) is 4.39 Å². The molecule has 0 bridgehead atoms. The van der Waals surface area contributed by atoms with Crippen molar-refractivity contribution < 1.29 is 18.7 Å². The number of benzene rings is 2. The van der Waals surface area contributed by atoms with Crippen LogP contribution in [0.2, 0.25) is 0 Å². The van der Waals surface area contributed by atoms with Gasteiger partial charge < -0.3 is 14.4 Å². The zero-order valence-electron chi connectivity index (χ0n) is 17.6. The van der Waals surface area contributed by atoms with Crippen molar-refractivity contribution in [3.05, 3.63) is 65.5 Å². The summed E-state index contributed by atoms with van der Waals surface area (Å²) in [6, 6.07) is 15.2. The third-order valence-electron chi connectivity index (χ3n) is 6.47. The minimum Gasteiger partial charge on any atom is -0.497 e. The van der Waals surface area contributed by atoms with E-state index in [4.69, 9.17) is 9.47 Å². The van der Waals surface area contributed by atoms with Crippen LogP contribution in [0, 0.1) is 11.7 Å². The molecule has 2 aliphatic heterocycles. The number of rotatable bonds is 6. The first-order chi connectivity index (χ1) is 14.6. The number of fused-ring (bicyclic) bond motifs is 1. The molecule has 2 heterocycles. The van der Waals surface area contributed by atoms with Gasteiger partial charge in [0.2, 0.25) is 5.91 Å². The van der Waals surface area contributed by atoms with Gasteiger partial charge in [0.1, 0.15) is 18.2 Å². The first-order valence-corrected chi connectivity index (χ1v) is 10.5. The van der Waals surface area contributed by atoms with Crippen LogP contribution in [0.25, 0.3) is 0 Å². The summed E-state index contributed by atoms with van der Waals surface area (Å²) < 4.78 is 23.8. The Morgan fingerprint density at radius 3 is 2.47 bits per heavy atom. The van der Waals surface area contributed by atoms with E-state index in [9.17, 15) is 9.18 Å². The van der Waals surface area contributed by atoms with Gasteiger partial charge in [0.25, 0.3) is 0 Å². The molecule has 0 spiro atoms. The minimum absolute atomic E-state index is 0.0423. The molecule has 160 valence electrons. The summed E-state index contributed by atoms with van der Waals surface area (Å²) in [4.78, 5) is 17.1. The quantitative estimate of drug-likeness (QED) is 0.730. The van der Waals surface area contributed by atoms with E-state index >= 15 is 0 Å². The van der Waals surface area contributed by atoms with E-state index in [1.807, 2.05) is 29.2 Å². The smallest absolute Gasteiger partial charge is 0.248 e. The summed E-state index contributed by atoms with van der Waals surface area (Å²) in [5.41, 5.74) is 2.35. The zero-order valence-corrected chi connectivity index (χ0v) is 17.6. The lowest BCUT2D eigenvalue weighted by Crippen LogP contribution is -2.48. The van der Waals surface area contributed by atoms with Gasteiger partial charge >= 0.3 is 0 Å². The van der Waals surface area contributed by atoms with E-state index in [0.29, 0.717) is 12.5 Å². The number of methoxy groups -OCH3 is 2. The maximum Gasteiger partial charge on any atom is 0.248 e. The Bertz CT molecular complexity index is 856. The van der Waals surface area contributed by atoms with Crippen molar-refractivity contribution in [3.8, 4) is 5.75 Å². The summed E-state index contributed by atoms with van der Waals surface area (Å²) in [6.45, 7) is 3.50. The number of likely N-dealkylation sites (tertiary alicyclic amines) is 2. The molecule has 0 saturated carbocycles. The lowest BCUT2D eigenvalue weighted by Gasteiger charge is -2.39. The molecule has 4 rings (SSSR count). The highest BCUT2D eigenvalue weighted by atomic mass is 19.1. The number of ether oxygens (including phenoxy) is 2. The molecule has 2 fully saturated rings. The molecule has 2 aromatic carbocycles. The van der Waals surface area contributed by atoms with E-state index in [1.54, 1.807) is 14.2 Å². The van der Waals surface area contributed by atoms with Gasteiger partial charge in [-0.25, -0.2) is 4.39 Å². The zero-order chi connectivity index (χ0) is 21.1. The van der Waals surface area contributed by atoms with Gasteiger partial charge in [0.15, 0.2) is 0 Å². The third-order valence-corrected chi connectivity index (χ3v) is 6.47. The molecule has 2 aliphatic rings. The second kappa shape index (κ2) is 9.14. The van der Waals surface area contributed by atoms with Crippen molar-refractivity contribution in [2.75, 3.05) is 40.5 Å². The Balaban J connectivity index is 1.52. The van der Waals surface area contributed by atoms with Crippen molar-refractivity contribution in [2.45, 2.75) is 24.9 Å². The first kappa shape index (κ1) is 20.8. The van der Waals surface area contributed by atoms with Gasteiger partial charge in [-0.2, -0.15) is 0 Å². The molecule has 6 heteroatoms. The SMILES string of the molecule is COCC(=O)N1C[C@H](c2ccc(F)cc2)[C@H]2CN(Cc3ccc(OC)cc3)CC[C@H]21. The van der Waals surface area contributed by atoms with Crippen LogP contribution < -0.4 is 4.74 Å². The molecule has 5 nitrogen and oxygen atoms in total. The maximum absolute atomic E-state index is 13.5. The standard InChI is InChI=1S/C24H29FN2O3/c1-29-16-24(28)27-15-21(18-5-7-19(25)8-6-18)22-14-26(12-11-23(22)27)13-17-3-9-20(30-2)10-4-17/h3-10,21-23H,11-16H2,1-2H3/t21-,22-,23-/m1/s1. The van der Waals surface area contributed by atoms with Crippen molar-refractivity contribution in [2.24, 2.45) is 5.92 Å². The topological polar surface area (TPSA) is 42.0 Å². The highest BCUT2D eigenvalue weighted by molar-refractivity contribution is 5.78. The van der Waals surface area contributed by atoms with Crippen LogP contribution in [-0.2, 0) is 16.1 Å². The molecular formula is C24H29FN2O3. The molecule has 2 aromatic rings. The van der Waals surface area contributed by atoms with Crippen LogP contribution >= 0.6 is 0 Å². The molecule has 3 atom stereocenters. The van der Waals surface area contributed by atoms with Crippen LogP contribution in [0.1, 0.15) is 23.5 Å². The fraction of sp³-hybridized carbons (Fsp3) is 0.458. The van der Waals surface area contributed by atoms with Crippen LogP contribution in [-0.4, -0.2) is 62.2 Å². The summed E-state index contributed by atoms with van der Waals surface area (Å²) in [5, 5.41) is 0. The summed E-state index contributed by atoms with van der Waals surface area (Å²) >= 11 is 0. The summed E-state index contributed by atoms with van der Waals surface area (Å²) in [7, 11) is 3.23. The van der Waals surface area contributed by atoms with Gasteiger partial charge in [0, 0.05) is 51.2 Å². The predicted molar refractivity (Wildman–Crippen MR) is 113 cm³/mol. The van der Waals surface area contributed by atoms with Crippen molar-refractivity contribution in [1.29, 1.82) is 0 Å². The molecular weight excluding hydrogens is 383 g/mol. The monoisotopic (exact) mass is 412 g/mol. The fourth-order valence-corrected chi connectivity index (χ4v) is 4.99. The largest absolute Gasteiger partial charge is 0.497 e. The van der Waals surface area contributed by atoms with Gasteiger partial charge in [-0.15, -0.1) is 0 Å². The van der Waals surface area contributed by atoms with E-state index in [1.165, 1.54) is 17.7 Å². The van der Waals surface area contributed by atoms with Gasteiger partial charge in [-0.05, 0) is 41.8 Å². The molecule has 0 unspecified atom stereocenters. The number of hydrogen-bond donors (Lipinski definition) is 0. The van der Waals surface area contributed by atoms with Crippen LogP contribution in [0.3, 0.4) is 0 Å². The lowest BCUT2D eigenvalue weighted by atomic mass is 9.81. The summed E-state index contributed by atoms with van der Waals surface area (Å²) in [6.07, 6.45) is 0.938. The second-order valence-electron chi connectivity index (χ2n) is 8.24. The van der Waals surface area contributed by atoms with E-state index in [0.717, 1.165) is 37.4 Å². The van der Waals surface area contributed by atoms with E-state index in [2.05, 4.69) is 17.0 Å². The van der Waals surface area contributed by atoms with E-state index in [-0.39, 0.29) is 30.3 Å². The van der Waals surface area contributed by atoms with Crippen molar-refractivity contribution in [1.82, 2.24) is 9.80 Å². The molecule has 2 saturated heterocycles. The number of nitrogens with zero attached hydrogens (tertiary/aromatic N) is 2. The molecule has 30 heavy (non-hydrogen) atoms. The number of piperidine rings is 1. The average Bonchev–Trinajstić information content (AvgIpc) is 3.14. The highest BCUT2D eigenvalue weighted by Crippen LogP contribution is 2.42. The highest BCUT2D eigenvalue weighted by Gasteiger charge is 2.46. The Morgan fingerprint density at radius 1 is 1.07 bits per heavy atom. The Labute approximate surface area is 177 Å². The number of hydrogen-bond acceptors (Lipinski definition) is 4. The number of carbonyl (C=O) groups excluding carboxylic acids is 1. The van der Waals surface area contributed by atoms with Crippen LogP contribution in [0.5, 0.6) is 5.75 Å². The predicted octanol–water partition coefficient (Wildman–Crippen LogP) is 3.30. The average molecular weight is 413 g/mol. The molecule has 0 aliphatic carbocycles. The van der Waals surface area contributed by atoms with E-state index < -0.39 is 0 Å². The van der Waals surface area contributed by atoms with Crippen molar-refractivity contribution >= 4 is 5.91 Å². The molecule has 1 amide bonds. The van der Waals surface area contributed by atoms with Crippen LogP contribution in [0.15, 0.2) is 48.5 Å². The lowest BCUT2D eigenvalue weighted by molar-refractivity contribution is -0.137. The maximum atomic E-state index is 13.5. The third kappa shape index (κ3) is 4.35. The number of halogens is 1. The Hall–Kier alpha value is -2.44. The molecule has 0 aromatic heterocycles. The molecule has 0 radical (unpaired) electrons. The molecule has 0 N–H and O–H groups in total. The number of amides is 1. The second-order valence-corrected chi connectivity index (χ2v) is 8.24. The fourth-order valence-electron chi connectivity index (χ4n) is 4.99. The van der Waals surface area contributed by atoms with Gasteiger partial charge in [-0.1, -0.05) is 24.3 Å². The Morgan fingerprint density at radius 2 is 1.80 bits per heavy atom. The summed E-state index contributed by atoms with van der Waals surface area (Å²) in [5.74, 6) is 1.20. The normalized spacial score (nSPS) is 24.0. The van der Waals surface area contributed by atoms with Gasteiger partial charge in [0.05, 0.1) is 7.11 Å². The minimum atomic E-state index is -0.231. The first-order valence-electron chi connectivity index (χ1n) is 10.5. The van der Waals surface area contributed by atoms with Gasteiger partial charge in [-0.3, -0.25) is 9.69 Å². The number of carbonyl (C=O) groups is 1. The van der Waals surface area contributed by atoms with Crippen molar-refractivity contribution in [3.63, 3.8) is 0 Å². The Kier molecular flexibility index (Phi) is 6.35.